The molecule has 0 heterocycles. The molecule has 0 spiro atoms. The Labute approximate surface area is 152 Å². The SMILES string of the molecule is O=C([O-])CP(=O)([O-])[O-].O=C([O-])CP(=O)([O-])[O-].O=C([O-])CP(=O)([O-])[O-].[Ga+3]. The Morgan fingerprint density at radius 2 is 0.640 bits per heavy atom. The van der Waals surface area contributed by atoms with Crippen LogP contribution in [0, 0.1) is 0 Å². The summed E-state index contributed by atoms with van der Waals surface area (Å²) in [4.78, 5) is 85.0. The van der Waals surface area contributed by atoms with Gasteiger partial charge in [0.05, 0.1) is 0 Å². The molecule has 19 heteroatoms. The first-order chi connectivity index (χ1) is 10.2. The summed E-state index contributed by atoms with van der Waals surface area (Å²) in [6.45, 7) is 0. The summed E-state index contributed by atoms with van der Waals surface area (Å²) >= 11 is 0. The van der Waals surface area contributed by atoms with Crippen LogP contribution in [0.1, 0.15) is 0 Å². The van der Waals surface area contributed by atoms with E-state index in [0.29, 0.717) is 0 Å². The molecular weight excluding hydrogens is 475 g/mol. The van der Waals surface area contributed by atoms with Gasteiger partial charge >= 0.3 is 19.8 Å². The molecule has 0 aliphatic heterocycles. The zero-order valence-electron chi connectivity index (χ0n) is 11.7. The van der Waals surface area contributed by atoms with E-state index in [1.165, 1.54) is 0 Å². The van der Waals surface area contributed by atoms with E-state index in [4.69, 9.17) is 0 Å². The van der Waals surface area contributed by atoms with Gasteiger partial charge in [0.2, 0.25) is 0 Å². The molecule has 25 heavy (non-hydrogen) atoms. The van der Waals surface area contributed by atoms with Gasteiger partial charge in [-0.25, -0.2) is 0 Å². The second-order valence-electron chi connectivity index (χ2n) is 3.42. The maximum Gasteiger partial charge on any atom is 3.00 e. The minimum absolute atomic E-state index is 0. The molecule has 15 nitrogen and oxygen atoms in total. The van der Waals surface area contributed by atoms with Crippen LogP contribution in [0.4, 0.5) is 0 Å². The summed E-state index contributed by atoms with van der Waals surface area (Å²) in [6.07, 6.45) is -4.27. The topological polar surface area (TPSA) is 310 Å². The van der Waals surface area contributed by atoms with Crippen LogP contribution >= 0.6 is 22.8 Å². The third-order valence-electron chi connectivity index (χ3n) is 0.968. The average molecular weight is 481 g/mol. The van der Waals surface area contributed by atoms with Gasteiger partial charge in [0.25, 0.3) is 0 Å². The molecule has 144 valence electrons. The molecule has 0 aliphatic carbocycles. The van der Waals surface area contributed by atoms with Crippen molar-refractivity contribution in [2.45, 2.75) is 0 Å². The van der Waals surface area contributed by atoms with Crippen molar-refractivity contribution in [3.8, 4) is 0 Å². The summed E-state index contributed by atoms with van der Waals surface area (Å²) in [5.41, 5.74) is 0. The fraction of sp³-hybridized carbons (Fsp3) is 0.500. The van der Waals surface area contributed by atoms with Crippen LogP contribution in [0.3, 0.4) is 0 Å². The first-order valence-corrected chi connectivity index (χ1v) is 10.1. The number of carbonyl (C=O) groups is 3. The molecule has 0 unspecified atom stereocenters. The number of hydrogen-bond donors (Lipinski definition) is 0. The van der Waals surface area contributed by atoms with Gasteiger partial charge in [0.15, 0.2) is 0 Å². The van der Waals surface area contributed by atoms with Gasteiger partial charge < -0.3 is 72.8 Å². The first-order valence-electron chi connectivity index (χ1n) is 4.88. The number of aliphatic carboxylic acids is 3. The Morgan fingerprint density at radius 1 is 0.520 bits per heavy atom. The number of rotatable bonds is 6. The molecule has 0 N–H and O–H groups in total. The summed E-state index contributed by atoms with van der Waals surface area (Å²) < 4.78 is 28.5. The van der Waals surface area contributed by atoms with Crippen LogP contribution < -0.4 is 44.7 Å². The number of carboxylic acids is 3. The minimum Gasteiger partial charge on any atom is -0.810 e. The molecule has 0 atom stereocenters. The molecule has 0 aromatic carbocycles. The summed E-state index contributed by atoms with van der Waals surface area (Å²) in [5.74, 6) is -5.59. The fourth-order valence-corrected chi connectivity index (χ4v) is 1.42. The summed E-state index contributed by atoms with van der Waals surface area (Å²) in [5, 5.41) is 28.0. The largest absolute Gasteiger partial charge is 3.00 e. The van der Waals surface area contributed by atoms with E-state index in [-0.39, 0.29) is 19.8 Å². The van der Waals surface area contributed by atoms with Crippen LogP contribution in [0.25, 0.3) is 0 Å². The van der Waals surface area contributed by atoms with E-state index >= 15 is 0 Å². The maximum absolute atomic E-state index is 9.49. The van der Waals surface area contributed by atoms with E-state index in [2.05, 4.69) is 0 Å². The van der Waals surface area contributed by atoms with Crippen molar-refractivity contribution >= 4 is 60.5 Å². The molecule has 0 rings (SSSR count). The molecule has 0 fully saturated rings. The fourth-order valence-electron chi connectivity index (χ4n) is 0.474. The van der Waals surface area contributed by atoms with Gasteiger partial charge in [0.1, 0.15) is 0 Å². The predicted octanol–water partition coefficient (Wildman–Crippen LogP) is -10.4. The van der Waals surface area contributed by atoms with Crippen LogP contribution in [0.15, 0.2) is 0 Å². The Kier molecular flexibility index (Phi) is 17.6. The predicted molar refractivity (Wildman–Crippen MR) is 58.2 cm³/mol. The van der Waals surface area contributed by atoms with Crippen LogP contribution in [-0.4, -0.2) is 56.2 Å². The van der Waals surface area contributed by atoms with E-state index in [1.54, 1.807) is 0 Å². The third kappa shape index (κ3) is 51.7. The first kappa shape index (κ1) is 32.2. The number of carbonyl (C=O) groups excluding carboxylic acids is 3. The van der Waals surface area contributed by atoms with Crippen LogP contribution in [-0.2, 0) is 28.1 Å². The van der Waals surface area contributed by atoms with Crippen molar-refractivity contribution in [1.82, 2.24) is 0 Å². The van der Waals surface area contributed by atoms with Gasteiger partial charge in [0, 0.05) is 36.4 Å². The van der Waals surface area contributed by atoms with Crippen molar-refractivity contribution in [1.29, 1.82) is 0 Å². The Hall–Kier alpha value is -0.504. The van der Waals surface area contributed by atoms with E-state index in [1.807, 2.05) is 0 Å². The van der Waals surface area contributed by atoms with E-state index < -0.39 is 59.2 Å². The molecule has 0 radical (unpaired) electrons. The monoisotopic (exact) mass is 480 g/mol. The van der Waals surface area contributed by atoms with Crippen molar-refractivity contribution in [3.63, 3.8) is 0 Å². The molecule has 0 saturated heterocycles. The quantitative estimate of drug-likeness (QED) is 0.251. The minimum atomic E-state index is -4.88. The van der Waals surface area contributed by atoms with Gasteiger partial charge in [-0.2, -0.15) is 0 Å². The summed E-state index contributed by atoms with van der Waals surface area (Å²) in [6, 6.07) is 0. The third-order valence-corrected chi connectivity index (χ3v) is 2.90. The normalized spacial score (nSPS) is 10.8. The zero-order chi connectivity index (χ0) is 20.4. The van der Waals surface area contributed by atoms with Gasteiger partial charge in [-0.3, -0.25) is 0 Å². The second kappa shape index (κ2) is 13.7. The Balaban J connectivity index is -0.000000130. The zero-order valence-corrected chi connectivity index (χ0v) is 16.8. The number of carboxylic acid groups (broad SMARTS) is 3. The summed E-state index contributed by atoms with van der Waals surface area (Å²) in [7, 11) is -14.7. The van der Waals surface area contributed by atoms with Crippen molar-refractivity contribution in [2.75, 3.05) is 18.5 Å². The molecule has 0 aromatic heterocycles. The Bertz CT molecular complexity index is 487. The van der Waals surface area contributed by atoms with E-state index in [9.17, 15) is 72.8 Å². The molecule has 0 amide bonds. The second-order valence-corrected chi connectivity index (χ2v) is 8.04. The van der Waals surface area contributed by atoms with Crippen LogP contribution in [0.2, 0.25) is 0 Å². The van der Waals surface area contributed by atoms with Crippen molar-refractivity contribution in [2.24, 2.45) is 0 Å². The molecule has 0 saturated carbocycles. The molecular formula is C6H6GaO15P3-6. The molecule has 0 bridgehead atoms. The van der Waals surface area contributed by atoms with Gasteiger partial charge in [-0.1, -0.05) is 22.8 Å². The maximum atomic E-state index is 9.49. The smallest absolute Gasteiger partial charge is 0.810 e. The standard InChI is InChI=1S/3C2H5O5P.Ga/c3*3-2(4)1-8(5,6)7;/h3*1H2,(H,3,4)(H2,5,6,7);/q;;;+3/p-9. The van der Waals surface area contributed by atoms with Gasteiger partial charge in [-0.05, 0) is 0 Å². The van der Waals surface area contributed by atoms with Crippen LogP contribution in [0.5, 0.6) is 0 Å². The molecule has 0 aliphatic rings. The molecule has 0 aromatic rings. The number of hydrogen-bond acceptors (Lipinski definition) is 15. The van der Waals surface area contributed by atoms with Crippen molar-refractivity contribution < 1.29 is 72.8 Å². The average Bonchev–Trinajstić information content (AvgIpc) is 2.04. The Morgan fingerprint density at radius 3 is 0.640 bits per heavy atom. The van der Waals surface area contributed by atoms with Gasteiger partial charge in [-0.15, -0.1) is 0 Å². The van der Waals surface area contributed by atoms with E-state index in [0.717, 1.165) is 0 Å². The van der Waals surface area contributed by atoms with Crippen molar-refractivity contribution in [3.05, 3.63) is 0 Å².